The van der Waals surface area contributed by atoms with Crippen molar-refractivity contribution in [2.45, 2.75) is 19.8 Å². The van der Waals surface area contributed by atoms with Crippen LogP contribution in [0.25, 0.3) is 0 Å². The summed E-state index contributed by atoms with van der Waals surface area (Å²) in [5.41, 5.74) is 1.17. The lowest BCUT2D eigenvalue weighted by molar-refractivity contribution is 0.286. The van der Waals surface area contributed by atoms with Crippen molar-refractivity contribution < 1.29 is 9.84 Å². The molecule has 0 rings (SSSR count). The maximum Gasteiger partial charge on any atom is 0.0813 e. The van der Waals surface area contributed by atoms with E-state index in [0.717, 1.165) is 12.8 Å². The summed E-state index contributed by atoms with van der Waals surface area (Å²) in [6, 6.07) is 0. The summed E-state index contributed by atoms with van der Waals surface area (Å²) in [4.78, 5) is 0. The fraction of sp³-hybridized carbons (Fsp3) is 0.714. The highest BCUT2D eigenvalue weighted by molar-refractivity contribution is 4.92. The van der Waals surface area contributed by atoms with Crippen LogP contribution in [0.2, 0.25) is 0 Å². The minimum absolute atomic E-state index is 0.259. The van der Waals surface area contributed by atoms with Crippen molar-refractivity contribution in [3.63, 3.8) is 0 Å². The molecule has 0 radical (unpaired) electrons. The van der Waals surface area contributed by atoms with Gasteiger partial charge in [-0.3, -0.25) is 0 Å². The molecule has 0 fully saturated rings. The number of allylic oxidation sites excluding steroid dienone is 1. The number of aliphatic hydroxyl groups is 1. The zero-order chi connectivity index (χ0) is 7.11. The highest BCUT2D eigenvalue weighted by Gasteiger charge is 1.87. The van der Waals surface area contributed by atoms with Crippen LogP contribution in [-0.4, -0.2) is 18.8 Å². The molecule has 0 aromatic heterocycles. The Kier molecular flexibility index (Phi) is 5.32. The molecular weight excluding hydrogens is 116 g/mol. The van der Waals surface area contributed by atoms with Gasteiger partial charge in [-0.05, 0) is 25.3 Å². The Bertz CT molecular complexity index is 86.9. The van der Waals surface area contributed by atoms with E-state index in [9.17, 15) is 0 Å². The molecule has 0 aromatic rings. The molecule has 9 heavy (non-hydrogen) atoms. The van der Waals surface area contributed by atoms with Crippen molar-refractivity contribution >= 4 is 0 Å². The summed E-state index contributed by atoms with van der Waals surface area (Å²) in [5, 5.41) is 8.42. The summed E-state index contributed by atoms with van der Waals surface area (Å²) < 4.78 is 4.76. The average molecular weight is 130 g/mol. The van der Waals surface area contributed by atoms with Crippen molar-refractivity contribution in [2.75, 3.05) is 13.7 Å². The molecule has 0 saturated heterocycles. The first-order chi connectivity index (χ1) is 4.31. The van der Waals surface area contributed by atoms with Crippen molar-refractivity contribution in [1.29, 1.82) is 0 Å². The van der Waals surface area contributed by atoms with Crippen LogP contribution in [0.4, 0.5) is 0 Å². The highest BCUT2D eigenvalue weighted by atomic mass is 16.5. The molecule has 0 aliphatic heterocycles. The van der Waals surface area contributed by atoms with Gasteiger partial charge in [0, 0.05) is 6.61 Å². The smallest absolute Gasteiger partial charge is 0.0813 e. The van der Waals surface area contributed by atoms with E-state index in [4.69, 9.17) is 9.84 Å². The molecule has 54 valence electrons. The van der Waals surface area contributed by atoms with Gasteiger partial charge in [0.2, 0.25) is 0 Å². The second-order valence-corrected chi connectivity index (χ2v) is 2.03. The summed E-state index contributed by atoms with van der Waals surface area (Å²) >= 11 is 0. The van der Waals surface area contributed by atoms with Gasteiger partial charge in [-0.25, -0.2) is 0 Å². The number of aliphatic hydroxyl groups excluding tert-OH is 1. The molecule has 1 N–H and O–H groups in total. The summed E-state index contributed by atoms with van der Waals surface area (Å²) in [7, 11) is 1.63. The second kappa shape index (κ2) is 5.63. The largest absolute Gasteiger partial charge is 0.504 e. The number of rotatable bonds is 4. The molecule has 2 heteroatoms. The minimum atomic E-state index is 0.259. The third-order valence-corrected chi connectivity index (χ3v) is 1.05. The first kappa shape index (κ1) is 8.50. The number of ether oxygens (including phenoxy) is 1. The Balaban J connectivity index is 3.25. The molecule has 0 saturated carbocycles. The van der Waals surface area contributed by atoms with Gasteiger partial charge in [0.25, 0.3) is 0 Å². The van der Waals surface area contributed by atoms with Crippen molar-refractivity contribution in [3.8, 4) is 0 Å². The van der Waals surface area contributed by atoms with E-state index in [1.165, 1.54) is 5.57 Å². The van der Waals surface area contributed by atoms with Gasteiger partial charge in [-0.2, -0.15) is 0 Å². The lowest BCUT2D eigenvalue weighted by Crippen LogP contribution is -1.84. The topological polar surface area (TPSA) is 29.5 Å². The van der Waals surface area contributed by atoms with E-state index in [0.29, 0.717) is 0 Å². The van der Waals surface area contributed by atoms with Crippen LogP contribution >= 0.6 is 0 Å². The third-order valence-electron chi connectivity index (χ3n) is 1.05. The lowest BCUT2D eigenvalue weighted by atomic mass is 10.2. The van der Waals surface area contributed by atoms with Gasteiger partial charge in [0.05, 0.1) is 13.4 Å². The first-order valence-electron chi connectivity index (χ1n) is 3.10. The van der Waals surface area contributed by atoms with E-state index in [1.54, 1.807) is 13.4 Å². The van der Waals surface area contributed by atoms with Crippen molar-refractivity contribution in [2.24, 2.45) is 0 Å². The second-order valence-electron chi connectivity index (χ2n) is 2.03. The third kappa shape index (κ3) is 5.37. The van der Waals surface area contributed by atoms with E-state index in [1.807, 2.05) is 6.92 Å². The number of hydrogen-bond acceptors (Lipinski definition) is 2. The Morgan fingerprint density at radius 3 is 2.78 bits per heavy atom. The van der Waals surface area contributed by atoms with Crippen LogP contribution in [0.15, 0.2) is 11.8 Å². The van der Waals surface area contributed by atoms with Crippen molar-refractivity contribution in [3.05, 3.63) is 11.8 Å². The fourth-order valence-corrected chi connectivity index (χ4v) is 0.618. The predicted molar refractivity (Wildman–Crippen MR) is 37.1 cm³/mol. The predicted octanol–water partition coefficient (Wildman–Crippen LogP) is 1.31. The van der Waals surface area contributed by atoms with Gasteiger partial charge in [0.15, 0.2) is 0 Å². The zero-order valence-corrected chi connectivity index (χ0v) is 6.05. The van der Waals surface area contributed by atoms with Crippen LogP contribution < -0.4 is 0 Å². The molecule has 0 aliphatic carbocycles. The molecule has 2 nitrogen and oxygen atoms in total. The SMILES string of the molecule is CO/C=C(/C)CCCO. The Morgan fingerprint density at radius 2 is 2.33 bits per heavy atom. The Morgan fingerprint density at radius 1 is 1.67 bits per heavy atom. The normalized spacial score (nSPS) is 11.7. The first-order valence-corrected chi connectivity index (χ1v) is 3.10. The zero-order valence-electron chi connectivity index (χ0n) is 6.05. The molecule has 0 amide bonds. The fourth-order valence-electron chi connectivity index (χ4n) is 0.618. The van der Waals surface area contributed by atoms with Crippen LogP contribution in [0.1, 0.15) is 19.8 Å². The summed E-state index contributed by atoms with van der Waals surface area (Å²) in [5.74, 6) is 0. The van der Waals surface area contributed by atoms with Crippen molar-refractivity contribution in [1.82, 2.24) is 0 Å². The van der Waals surface area contributed by atoms with Gasteiger partial charge in [-0.1, -0.05) is 0 Å². The molecule has 0 spiro atoms. The number of hydrogen-bond donors (Lipinski definition) is 1. The molecular formula is C7H14O2. The number of methoxy groups -OCH3 is 1. The Hall–Kier alpha value is -0.500. The van der Waals surface area contributed by atoms with Crippen LogP contribution in [0.5, 0.6) is 0 Å². The van der Waals surface area contributed by atoms with Crippen LogP contribution in [-0.2, 0) is 4.74 Å². The standard InChI is InChI=1S/C7H14O2/c1-7(6-9-2)4-3-5-8/h6,8H,3-5H2,1-2H3/b7-6-. The van der Waals surface area contributed by atoms with Crippen LogP contribution in [0.3, 0.4) is 0 Å². The van der Waals surface area contributed by atoms with Crippen LogP contribution in [0, 0.1) is 0 Å². The molecule has 0 aromatic carbocycles. The maximum atomic E-state index is 8.42. The highest BCUT2D eigenvalue weighted by Crippen LogP contribution is 2.01. The van der Waals surface area contributed by atoms with Gasteiger partial charge in [-0.15, -0.1) is 0 Å². The van der Waals surface area contributed by atoms with Gasteiger partial charge in [0.1, 0.15) is 0 Å². The monoisotopic (exact) mass is 130 g/mol. The van der Waals surface area contributed by atoms with E-state index >= 15 is 0 Å². The Labute approximate surface area is 56.1 Å². The van der Waals surface area contributed by atoms with Gasteiger partial charge >= 0.3 is 0 Å². The average Bonchev–Trinajstić information content (AvgIpc) is 1.85. The molecule has 0 bridgehead atoms. The minimum Gasteiger partial charge on any atom is -0.504 e. The van der Waals surface area contributed by atoms with E-state index in [2.05, 4.69) is 0 Å². The summed E-state index contributed by atoms with van der Waals surface area (Å²) in [6.45, 7) is 2.24. The molecule has 0 aliphatic rings. The molecule has 0 heterocycles. The molecule has 0 atom stereocenters. The lowest BCUT2D eigenvalue weighted by Gasteiger charge is -1.96. The van der Waals surface area contributed by atoms with E-state index in [-0.39, 0.29) is 6.61 Å². The van der Waals surface area contributed by atoms with E-state index < -0.39 is 0 Å². The molecule has 0 unspecified atom stereocenters. The quantitative estimate of drug-likeness (QED) is 0.581. The summed E-state index contributed by atoms with van der Waals surface area (Å²) in [6.07, 6.45) is 3.45. The van der Waals surface area contributed by atoms with Gasteiger partial charge < -0.3 is 9.84 Å². The maximum absolute atomic E-state index is 8.42.